The SMILES string of the molecule is CC(C)(C)C1CCCC(O)(C2CCOCC2)CC1. The highest BCUT2D eigenvalue weighted by Crippen LogP contribution is 2.44. The zero-order valence-corrected chi connectivity index (χ0v) is 12.4. The van der Waals surface area contributed by atoms with Gasteiger partial charge in [-0.25, -0.2) is 0 Å². The number of ether oxygens (including phenoxy) is 1. The predicted octanol–water partition coefficient (Wildman–Crippen LogP) is 3.77. The van der Waals surface area contributed by atoms with Crippen LogP contribution < -0.4 is 0 Å². The summed E-state index contributed by atoms with van der Waals surface area (Å²) < 4.78 is 5.43. The van der Waals surface area contributed by atoms with E-state index in [9.17, 15) is 5.11 Å². The fourth-order valence-corrected chi connectivity index (χ4v) is 3.86. The van der Waals surface area contributed by atoms with Gasteiger partial charge in [0.2, 0.25) is 0 Å². The molecule has 2 fully saturated rings. The van der Waals surface area contributed by atoms with Crippen molar-refractivity contribution in [1.82, 2.24) is 0 Å². The second-order valence-electron chi connectivity index (χ2n) is 7.48. The molecule has 0 aromatic rings. The molecule has 0 radical (unpaired) electrons. The minimum Gasteiger partial charge on any atom is -0.390 e. The molecule has 1 aliphatic carbocycles. The molecule has 18 heavy (non-hydrogen) atoms. The first-order valence-electron chi connectivity index (χ1n) is 7.72. The molecule has 1 saturated carbocycles. The first kappa shape index (κ1) is 14.3. The number of rotatable bonds is 1. The van der Waals surface area contributed by atoms with Gasteiger partial charge in [-0.3, -0.25) is 0 Å². The molecular formula is C16H30O2. The number of hydrogen-bond donors (Lipinski definition) is 1. The Labute approximate surface area is 112 Å². The first-order chi connectivity index (χ1) is 8.42. The van der Waals surface area contributed by atoms with Crippen molar-refractivity contribution in [3.8, 4) is 0 Å². The fraction of sp³-hybridized carbons (Fsp3) is 1.00. The van der Waals surface area contributed by atoms with Crippen molar-refractivity contribution in [1.29, 1.82) is 0 Å². The van der Waals surface area contributed by atoms with E-state index in [-0.39, 0.29) is 0 Å². The standard InChI is InChI=1S/C16H30O2/c1-15(2,3)13-5-4-9-16(17,10-6-13)14-7-11-18-12-8-14/h13-14,17H,4-12H2,1-3H3. The maximum absolute atomic E-state index is 11.0. The maximum Gasteiger partial charge on any atom is 0.0677 e. The van der Waals surface area contributed by atoms with Crippen LogP contribution in [0.25, 0.3) is 0 Å². The summed E-state index contributed by atoms with van der Waals surface area (Å²) in [6.07, 6.45) is 7.78. The highest BCUT2D eigenvalue weighted by Gasteiger charge is 2.40. The fourth-order valence-electron chi connectivity index (χ4n) is 3.86. The third-order valence-corrected chi connectivity index (χ3v) is 5.29. The second kappa shape index (κ2) is 5.50. The van der Waals surface area contributed by atoms with Crippen LogP contribution >= 0.6 is 0 Å². The molecule has 0 amide bonds. The van der Waals surface area contributed by atoms with E-state index in [0.717, 1.165) is 44.8 Å². The maximum atomic E-state index is 11.0. The summed E-state index contributed by atoms with van der Waals surface area (Å²) in [4.78, 5) is 0. The third-order valence-electron chi connectivity index (χ3n) is 5.29. The minimum absolute atomic E-state index is 0.390. The summed E-state index contributed by atoms with van der Waals surface area (Å²) in [6.45, 7) is 8.72. The number of hydrogen-bond acceptors (Lipinski definition) is 2. The topological polar surface area (TPSA) is 29.5 Å². The molecule has 0 aromatic heterocycles. The molecule has 2 rings (SSSR count). The average Bonchev–Trinajstić information content (AvgIpc) is 2.53. The highest BCUT2D eigenvalue weighted by molar-refractivity contribution is 4.92. The van der Waals surface area contributed by atoms with Crippen LogP contribution in [0.4, 0.5) is 0 Å². The third kappa shape index (κ3) is 3.27. The van der Waals surface area contributed by atoms with Crippen LogP contribution in [0.1, 0.15) is 65.7 Å². The van der Waals surface area contributed by atoms with Crippen molar-refractivity contribution in [3.63, 3.8) is 0 Å². The molecule has 1 N–H and O–H groups in total. The van der Waals surface area contributed by atoms with E-state index in [2.05, 4.69) is 20.8 Å². The molecule has 2 unspecified atom stereocenters. The second-order valence-corrected chi connectivity index (χ2v) is 7.48. The normalized spacial score (nSPS) is 36.3. The van der Waals surface area contributed by atoms with E-state index < -0.39 is 5.60 Å². The molecule has 2 atom stereocenters. The van der Waals surface area contributed by atoms with Gasteiger partial charge in [0.15, 0.2) is 0 Å². The monoisotopic (exact) mass is 254 g/mol. The molecule has 0 spiro atoms. The summed E-state index contributed by atoms with van der Waals surface area (Å²) in [7, 11) is 0. The van der Waals surface area contributed by atoms with Gasteiger partial charge in [-0.15, -0.1) is 0 Å². The largest absolute Gasteiger partial charge is 0.390 e. The van der Waals surface area contributed by atoms with Crippen molar-refractivity contribution in [3.05, 3.63) is 0 Å². The quantitative estimate of drug-likeness (QED) is 0.722. The Morgan fingerprint density at radius 2 is 1.67 bits per heavy atom. The van der Waals surface area contributed by atoms with E-state index in [0.29, 0.717) is 11.3 Å². The Hall–Kier alpha value is -0.0800. The van der Waals surface area contributed by atoms with Gasteiger partial charge >= 0.3 is 0 Å². The van der Waals surface area contributed by atoms with Crippen molar-refractivity contribution in [2.45, 2.75) is 71.3 Å². The zero-order chi connectivity index (χ0) is 13.2. The van der Waals surface area contributed by atoms with Crippen LogP contribution in [0.15, 0.2) is 0 Å². The summed E-state index contributed by atoms with van der Waals surface area (Å²) in [5.74, 6) is 1.25. The summed E-state index contributed by atoms with van der Waals surface area (Å²) in [6, 6.07) is 0. The van der Waals surface area contributed by atoms with E-state index >= 15 is 0 Å². The lowest BCUT2D eigenvalue weighted by Gasteiger charge is -2.38. The molecule has 2 nitrogen and oxygen atoms in total. The highest BCUT2D eigenvalue weighted by atomic mass is 16.5. The molecular weight excluding hydrogens is 224 g/mol. The van der Waals surface area contributed by atoms with Crippen molar-refractivity contribution in [2.75, 3.05) is 13.2 Å². The lowest BCUT2D eigenvalue weighted by atomic mass is 9.74. The van der Waals surface area contributed by atoms with Crippen LogP contribution in [0.3, 0.4) is 0 Å². The van der Waals surface area contributed by atoms with E-state index in [1.807, 2.05) is 0 Å². The molecule has 1 heterocycles. The summed E-state index contributed by atoms with van der Waals surface area (Å²) in [5.41, 5.74) is -0.00922. The van der Waals surface area contributed by atoms with E-state index in [1.165, 1.54) is 19.3 Å². The van der Waals surface area contributed by atoms with Gasteiger partial charge < -0.3 is 9.84 Å². The van der Waals surface area contributed by atoms with Crippen molar-refractivity contribution >= 4 is 0 Å². The summed E-state index contributed by atoms with van der Waals surface area (Å²) >= 11 is 0. The van der Waals surface area contributed by atoms with E-state index in [4.69, 9.17) is 4.74 Å². The molecule has 106 valence electrons. The van der Waals surface area contributed by atoms with Crippen LogP contribution in [0.2, 0.25) is 0 Å². The Balaban J connectivity index is 1.98. The molecule has 0 bridgehead atoms. The average molecular weight is 254 g/mol. The van der Waals surface area contributed by atoms with Gasteiger partial charge in [-0.1, -0.05) is 27.2 Å². The van der Waals surface area contributed by atoms with Crippen LogP contribution in [0.5, 0.6) is 0 Å². The Morgan fingerprint density at radius 3 is 2.28 bits per heavy atom. The zero-order valence-electron chi connectivity index (χ0n) is 12.4. The van der Waals surface area contributed by atoms with Gasteiger partial charge in [0, 0.05) is 13.2 Å². The molecule has 1 aliphatic heterocycles. The van der Waals surface area contributed by atoms with Crippen LogP contribution in [-0.4, -0.2) is 23.9 Å². The lowest BCUT2D eigenvalue weighted by molar-refractivity contribution is -0.0754. The smallest absolute Gasteiger partial charge is 0.0677 e. The van der Waals surface area contributed by atoms with Gasteiger partial charge in [0.25, 0.3) is 0 Å². The lowest BCUT2D eigenvalue weighted by Crippen LogP contribution is -2.40. The molecule has 1 saturated heterocycles. The molecule has 2 aliphatic rings. The molecule has 2 heteroatoms. The van der Waals surface area contributed by atoms with Gasteiger partial charge in [0.05, 0.1) is 5.60 Å². The number of aliphatic hydroxyl groups is 1. The Kier molecular flexibility index (Phi) is 4.38. The Morgan fingerprint density at radius 1 is 1.00 bits per heavy atom. The van der Waals surface area contributed by atoms with Crippen molar-refractivity contribution in [2.24, 2.45) is 17.3 Å². The van der Waals surface area contributed by atoms with Gasteiger partial charge in [0.1, 0.15) is 0 Å². The predicted molar refractivity (Wildman–Crippen MR) is 74.5 cm³/mol. The Bertz CT molecular complexity index is 263. The molecule has 0 aromatic carbocycles. The summed E-state index contributed by atoms with van der Waals surface area (Å²) in [5, 5.41) is 11.0. The minimum atomic E-state index is -0.399. The van der Waals surface area contributed by atoms with Crippen LogP contribution in [-0.2, 0) is 4.74 Å². The van der Waals surface area contributed by atoms with Gasteiger partial charge in [-0.2, -0.15) is 0 Å². The van der Waals surface area contributed by atoms with Gasteiger partial charge in [-0.05, 0) is 55.8 Å². The van der Waals surface area contributed by atoms with Crippen LogP contribution in [0, 0.1) is 17.3 Å². The van der Waals surface area contributed by atoms with Crippen molar-refractivity contribution < 1.29 is 9.84 Å². The van der Waals surface area contributed by atoms with E-state index in [1.54, 1.807) is 0 Å². The first-order valence-corrected chi connectivity index (χ1v) is 7.72.